The van der Waals surface area contributed by atoms with E-state index in [1.165, 1.54) is 19.2 Å². The monoisotopic (exact) mass is 387 g/mol. The second-order valence-corrected chi connectivity index (χ2v) is 5.95. The number of aliphatic hydroxyl groups is 1. The quantitative estimate of drug-likeness (QED) is 0.754. The van der Waals surface area contributed by atoms with E-state index >= 15 is 0 Å². The number of carbonyl (C=O) groups excluding carboxylic acids is 2. The Labute approximate surface area is 141 Å². The number of hydrogen-bond acceptors (Lipinski definition) is 6. The van der Waals surface area contributed by atoms with Gasteiger partial charge in [-0.25, -0.2) is 4.79 Å². The molecule has 8 heteroatoms. The van der Waals surface area contributed by atoms with E-state index in [9.17, 15) is 19.8 Å². The second-order valence-electron chi connectivity index (χ2n) is 5.10. The summed E-state index contributed by atoms with van der Waals surface area (Å²) in [6.07, 6.45) is -1.42. The summed E-state index contributed by atoms with van der Waals surface area (Å²) in [5, 5.41) is 20.4. The number of benzene rings is 1. The number of rotatable bonds is 4. The van der Waals surface area contributed by atoms with Crippen molar-refractivity contribution in [3.63, 3.8) is 0 Å². The van der Waals surface area contributed by atoms with Crippen molar-refractivity contribution in [2.45, 2.75) is 12.5 Å². The Bertz CT molecular complexity index is 600. The molecule has 23 heavy (non-hydrogen) atoms. The lowest BCUT2D eigenvalue weighted by atomic mass is 10.0. The van der Waals surface area contributed by atoms with Gasteiger partial charge in [0.25, 0.3) is 0 Å². The molecular formula is C15H18BrNO6. The molecule has 7 nitrogen and oxygen atoms in total. The highest BCUT2D eigenvalue weighted by Crippen LogP contribution is 2.35. The van der Waals surface area contributed by atoms with Crippen molar-refractivity contribution in [2.24, 2.45) is 0 Å². The SMILES string of the molecule is COC(=O)c1cc(Br)c(O)c(C(O)CC(=O)N2CCOCC2)c1. The van der Waals surface area contributed by atoms with E-state index in [4.69, 9.17) is 4.74 Å². The fourth-order valence-corrected chi connectivity index (χ4v) is 2.80. The number of ether oxygens (including phenoxy) is 2. The van der Waals surface area contributed by atoms with Gasteiger partial charge in [0.1, 0.15) is 5.75 Å². The molecule has 1 unspecified atom stereocenters. The molecule has 1 aliphatic rings. The van der Waals surface area contributed by atoms with Crippen LogP contribution in [-0.4, -0.2) is 60.4 Å². The van der Waals surface area contributed by atoms with Gasteiger partial charge < -0.3 is 24.6 Å². The number of aromatic hydroxyl groups is 1. The van der Waals surface area contributed by atoms with Crippen LogP contribution >= 0.6 is 15.9 Å². The molecule has 1 amide bonds. The number of phenols is 1. The molecule has 0 radical (unpaired) electrons. The Morgan fingerprint density at radius 2 is 2.04 bits per heavy atom. The van der Waals surface area contributed by atoms with Crippen molar-refractivity contribution in [1.29, 1.82) is 0 Å². The van der Waals surface area contributed by atoms with Gasteiger partial charge in [-0.05, 0) is 28.1 Å². The Morgan fingerprint density at radius 3 is 2.65 bits per heavy atom. The third-order valence-corrected chi connectivity index (χ3v) is 4.21. The average molecular weight is 388 g/mol. The molecular weight excluding hydrogens is 370 g/mol. The van der Waals surface area contributed by atoms with Gasteiger partial charge in [-0.3, -0.25) is 4.79 Å². The maximum absolute atomic E-state index is 12.2. The number of phenolic OH excluding ortho intramolecular Hbond substituents is 1. The molecule has 0 bridgehead atoms. The molecule has 1 saturated heterocycles. The normalized spacial score (nSPS) is 16.0. The zero-order chi connectivity index (χ0) is 17.0. The summed E-state index contributed by atoms with van der Waals surface area (Å²) in [6, 6.07) is 2.71. The van der Waals surface area contributed by atoms with Crippen LogP contribution in [0.5, 0.6) is 5.75 Å². The Hall–Kier alpha value is -1.64. The van der Waals surface area contributed by atoms with E-state index in [-0.39, 0.29) is 33.7 Å². The summed E-state index contributed by atoms with van der Waals surface area (Å²) < 4.78 is 10.0. The van der Waals surface area contributed by atoms with Crippen LogP contribution in [0.3, 0.4) is 0 Å². The molecule has 1 aromatic carbocycles. The maximum atomic E-state index is 12.2. The summed E-state index contributed by atoms with van der Waals surface area (Å²) >= 11 is 3.12. The van der Waals surface area contributed by atoms with E-state index in [1.807, 2.05) is 0 Å². The lowest BCUT2D eigenvalue weighted by Crippen LogP contribution is -2.41. The Kier molecular flexibility index (Phi) is 5.97. The summed E-state index contributed by atoms with van der Waals surface area (Å²) in [4.78, 5) is 25.4. The van der Waals surface area contributed by atoms with Crippen molar-refractivity contribution in [1.82, 2.24) is 4.90 Å². The Morgan fingerprint density at radius 1 is 1.39 bits per heavy atom. The number of hydrogen-bond donors (Lipinski definition) is 2. The minimum absolute atomic E-state index is 0.0985. The van der Waals surface area contributed by atoms with Gasteiger partial charge in [0, 0.05) is 18.7 Å². The molecule has 0 aliphatic carbocycles. The van der Waals surface area contributed by atoms with E-state index in [2.05, 4.69) is 20.7 Å². The first-order valence-corrected chi connectivity index (χ1v) is 7.87. The van der Waals surface area contributed by atoms with E-state index in [0.29, 0.717) is 26.3 Å². The Balaban J connectivity index is 2.17. The van der Waals surface area contributed by atoms with Crippen LogP contribution in [0.15, 0.2) is 16.6 Å². The number of amides is 1. The van der Waals surface area contributed by atoms with E-state index in [1.54, 1.807) is 4.90 Å². The first-order valence-electron chi connectivity index (χ1n) is 7.08. The van der Waals surface area contributed by atoms with Crippen LogP contribution in [0.2, 0.25) is 0 Å². The van der Waals surface area contributed by atoms with Crippen molar-refractivity contribution in [3.05, 3.63) is 27.7 Å². The highest BCUT2D eigenvalue weighted by molar-refractivity contribution is 9.10. The molecule has 0 aromatic heterocycles. The zero-order valence-corrected chi connectivity index (χ0v) is 14.2. The van der Waals surface area contributed by atoms with Crippen LogP contribution in [0.1, 0.15) is 28.4 Å². The van der Waals surface area contributed by atoms with Crippen LogP contribution < -0.4 is 0 Å². The number of methoxy groups -OCH3 is 1. The molecule has 1 aromatic rings. The number of esters is 1. The molecule has 126 valence electrons. The first-order chi connectivity index (χ1) is 10.9. The highest BCUT2D eigenvalue weighted by Gasteiger charge is 2.24. The third-order valence-electron chi connectivity index (χ3n) is 3.60. The van der Waals surface area contributed by atoms with Crippen LogP contribution in [0, 0.1) is 0 Å². The van der Waals surface area contributed by atoms with Crippen LogP contribution in [-0.2, 0) is 14.3 Å². The number of carbonyl (C=O) groups is 2. The molecule has 2 N–H and O–H groups in total. The molecule has 1 fully saturated rings. The predicted molar refractivity (Wildman–Crippen MR) is 84.1 cm³/mol. The topological polar surface area (TPSA) is 96.3 Å². The van der Waals surface area contributed by atoms with Gasteiger partial charge in [-0.15, -0.1) is 0 Å². The minimum Gasteiger partial charge on any atom is -0.506 e. The first kappa shape index (κ1) is 17.7. The largest absolute Gasteiger partial charge is 0.506 e. The fourth-order valence-electron chi connectivity index (χ4n) is 2.33. The molecule has 0 spiro atoms. The standard InChI is InChI=1S/C15H18BrNO6/c1-22-15(21)9-6-10(14(20)11(16)7-9)12(18)8-13(19)17-2-4-23-5-3-17/h6-7,12,18,20H,2-5,8H2,1H3. The number of morpholine rings is 1. The minimum atomic E-state index is -1.23. The van der Waals surface area contributed by atoms with Crippen molar-refractivity contribution in [3.8, 4) is 5.75 Å². The summed E-state index contributed by atoms with van der Waals surface area (Å²) in [5.41, 5.74) is 0.270. The van der Waals surface area contributed by atoms with Gasteiger partial charge in [0.15, 0.2) is 0 Å². The van der Waals surface area contributed by atoms with Gasteiger partial charge in [0.05, 0.1) is 42.9 Å². The smallest absolute Gasteiger partial charge is 0.337 e. The summed E-state index contributed by atoms with van der Waals surface area (Å²) in [5.74, 6) is -1.04. The van der Waals surface area contributed by atoms with Crippen molar-refractivity contribution >= 4 is 27.8 Å². The van der Waals surface area contributed by atoms with Gasteiger partial charge in [-0.2, -0.15) is 0 Å². The number of aliphatic hydroxyl groups excluding tert-OH is 1. The van der Waals surface area contributed by atoms with E-state index < -0.39 is 12.1 Å². The van der Waals surface area contributed by atoms with Crippen LogP contribution in [0.4, 0.5) is 0 Å². The number of halogens is 1. The fraction of sp³-hybridized carbons (Fsp3) is 0.467. The predicted octanol–water partition coefficient (Wildman–Crippen LogP) is 1.22. The molecule has 0 saturated carbocycles. The number of nitrogens with zero attached hydrogens (tertiary/aromatic N) is 1. The van der Waals surface area contributed by atoms with Crippen molar-refractivity contribution in [2.75, 3.05) is 33.4 Å². The lowest BCUT2D eigenvalue weighted by molar-refractivity contribution is -0.137. The van der Waals surface area contributed by atoms with Crippen LogP contribution in [0.25, 0.3) is 0 Å². The lowest BCUT2D eigenvalue weighted by Gasteiger charge is -2.27. The molecule has 1 aliphatic heterocycles. The summed E-state index contributed by atoms with van der Waals surface area (Å²) in [6.45, 7) is 1.89. The molecule has 2 rings (SSSR count). The second kappa shape index (κ2) is 7.76. The zero-order valence-electron chi connectivity index (χ0n) is 12.6. The van der Waals surface area contributed by atoms with Gasteiger partial charge >= 0.3 is 5.97 Å². The molecule has 1 atom stereocenters. The maximum Gasteiger partial charge on any atom is 0.337 e. The molecule has 1 heterocycles. The van der Waals surface area contributed by atoms with Gasteiger partial charge in [0.2, 0.25) is 5.91 Å². The van der Waals surface area contributed by atoms with Gasteiger partial charge in [-0.1, -0.05) is 0 Å². The third kappa shape index (κ3) is 4.21. The average Bonchev–Trinajstić information content (AvgIpc) is 2.57. The highest BCUT2D eigenvalue weighted by atomic mass is 79.9. The summed E-state index contributed by atoms with van der Waals surface area (Å²) in [7, 11) is 1.24. The van der Waals surface area contributed by atoms with Crippen molar-refractivity contribution < 1.29 is 29.3 Å². The van der Waals surface area contributed by atoms with E-state index in [0.717, 1.165) is 0 Å².